The van der Waals surface area contributed by atoms with Gasteiger partial charge < -0.3 is 14.6 Å². The fourth-order valence-corrected chi connectivity index (χ4v) is 3.82. The Hall–Kier alpha value is -2.21. The number of carbonyl (C=O) groups excluding carboxylic acids is 3. The van der Waals surface area contributed by atoms with Crippen LogP contribution >= 0.6 is 0 Å². The molecule has 1 N–H and O–H groups in total. The number of carbonyl (C=O) groups is 3. The fraction of sp³-hybridized carbons (Fsp3) is 0.609. The molecule has 6 heteroatoms. The number of rotatable bonds is 3. The quantitative estimate of drug-likeness (QED) is 0.613. The van der Waals surface area contributed by atoms with E-state index in [0.717, 1.165) is 0 Å². The van der Waals surface area contributed by atoms with Gasteiger partial charge in [-0.15, -0.1) is 0 Å². The van der Waals surface area contributed by atoms with E-state index in [9.17, 15) is 19.5 Å². The van der Waals surface area contributed by atoms with Gasteiger partial charge in [0.2, 0.25) is 0 Å². The maximum atomic E-state index is 13.1. The minimum Gasteiger partial charge on any atom is -0.460 e. The van der Waals surface area contributed by atoms with Crippen LogP contribution in [0.1, 0.15) is 66.4 Å². The zero-order valence-corrected chi connectivity index (χ0v) is 18.3. The molecular formula is C23H32O6. The van der Waals surface area contributed by atoms with Crippen molar-refractivity contribution >= 4 is 17.7 Å². The van der Waals surface area contributed by atoms with Crippen molar-refractivity contribution in [3.63, 3.8) is 0 Å². The van der Waals surface area contributed by atoms with Crippen molar-refractivity contribution in [2.75, 3.05) is 0 Å². The molecule has 0 bridgehead atoms. The SMILES string of the molecule is CC(C)(C)OC(=O)[C@@H]1C(=O)C[C@](C)(O)[C@@H](C(=O)OC(C)(C)C)[C@H]1c1ccccc1. The number of benzene rings is 1. The third kappa shape index (κ3) is 5.66. The summed E-state index contributed by atoms with van der Waals surface area (Å²) in [5, 5.41) is 11.1. The van der Waals surface area contributed by atoms with Crippen molar-refractivity contribution in [2.24, 2.45) is 11.8 Å². The van der Waals surface area contributed by atoms with E-state index in [-0.39, 0.29) is 6.42 Å². The predicted molar refractivity (Wildman–Crippen MR) is 108 cm³/mol. The molecule has 0 aromatic heterocycles. The molecule has 0 heterocycles. The molecule has 1 aromatic carbocycles. The molecule has 1 fully saturated rings. The lowest BCUT2D eigenvalue weighted by Crippen LogP contribution is -2.56. The van der Waals surface area contributed by atoms with Gasteiger partial charge in [-0.2, -0.15) is 0 Å². The van der Waals surface area contributed by atoms with E-state index in [2.05, 4.69) is 0 Å². The van der Waals surface area contributed by atoms with Crippen LogP contribution in [0, 0.1) is 11.8 Å². The van der Waals surface area contributed by atoms with Crippen LogP contribution in [0.5, 0.6) is 0 Å². The number of esters is 2. The van der Waals surface area contributed by atoms with E-state index < -0.39 is 52.3 Å². The van der Waals surface area contributed by atoms with Crippen LogP contribution in [-0.2, 0) is 23.9 Å². The second kappa shape index (κ2) is 7.90. The minimum absolute atomic E-state index is 0.329. The third-order valence-corrected chi connectivity index (χ3v) is 4.77. The Bertz CT molecular complexity index is 767. The highest BCUT2D eigenvalue weighted by Gasteiger charge is 2.57. The van der Waals surface area contributed by atoms with Gasteiger partial charge >= 0.3 is 11.9 Å². The zero-order chi connectivity index (χ0) is 22.2. The largest absolute Gasteiger partial charge is 0.460 e. The fourth-order valence-electron chi connectivity index (χ4n) is 3.82. The molecule has 2 rings (SSSR count). The predicted octanol–water partition coefficient (Wildman–Crippen LogP) is 3.41. The highest BCUT2D eigenvalue weighted by molar-refractivity contribution is 6.03. The van der Waals surface area contributed by atoms with Crippen molar-refractivity contribution in [3.8, 4) is 0 Å². The maximum absolute atomic E-state index is 13.1. The van der Waals surface area contributed by atoms with Crippen molar-refractivity contribution in [3.05, 3.63) is 35.9 Å². The number of ether oxygens (including phenoxy) is 2. The van der Waals surface area contributed by atoms with Gasteiger partial charge in [-0.3, -0.25) is 14.4 Å². The molecule has 0 saturated heterocycles. The first-order valence-electron chi connectivity index (χ1n) is 9.88. The maximum Gasteiger partial charge on any atom is 0.317 e. The summed E-state index contributed by atoms with van der Waals surface area (Å²) in [6.45, 7) is 11.8. The van der Waals surface area contributed by atoms with Gasteiger partial charge in [0.05, 0.1) is 11.5 Å². The van der Waals surface area contributed by atoms with Gasteiger partial charge in [0.25, 0.3) is 0 Å². The molecule has 29 heavy (non-hydrogen) atoms. The highest BCUT2D eigenvalue weighted by Crippen LogP contribution is 2.47. The zero-order valence-electron chi connectivity index (χ0n) is 18.3. The average Bonchev–Trinajstić information content (AvgIpc) is 2.50. The number of Topliss-reactive ketones (excluding diaryl/α,β-unsaturated/α-hetero) is 1. The molecule has 0 unspecified atom stereocenters. The molecule has 1 aromatic rings. The number of ketones is 1. The number of hydrogen-bond donors (Lipinski definition) is 1. The Balaban J connectivity index is 2.59. The van der Waals surface area contributed by atoms with Crippen LogP contribution in [0.2, 0.25) is 0 Å². The molecule has 0 radical (unpaired) electrons. The molecule has 1 aliphatic rings. The number of aliphatic hydroxyl groups is 1. The van der Waals surface area contributed by atoms with Crippen molar-refractivity contribution < 1.29 is 29.0 Å². The van der Waals surface area contributed by atoms with Gasteiger partial charge in [0.15, 0.2) is 5.78 Å². The van der Waals surface area contributed by atoms with Gasteiger partial charge in [0, 0.05) is 12.3 Å². The van der Waals surface area contributed by atoms with Crippen LogP contribution in [0.4, 0.5) is 0 Å². The summed E-state index contributed by atoms with van der Waals surface area (Å²) in [4.78, 5) is 39.1. The van der Waals surface area contributed by atoms with Crippen LogP contribution < -0.4 is 0 Å². The third-order valence-electron chi connectivity index (χ3n) is 4.77. The van der Waals surface area contributed by atoms with Gasteiger partial charge in [-0.25, -0.2) is 0 Å². The summed E-state index contributed by atoms with van der Waals surface area (Å²) in [5.74, 6) is -4.97. The Morgan fingerprint density at radius 2 is 1.45 bits per heavy atom. The molecule has 0 aliphatic heterocycles. The second-order valence-electron chi connectivity index (χ2n) is 9.96. The van der Waals surface area contributed by atoms with Crippen molar-refractivity contribution in [2.45, 2.75) is 77.6 Å². The van der Waals surface area contributed by atoms with Gasteiger partial charge in [0.1, 0.15) is 17.1 Å². The van der Waals surface area contributed by atoms with Crippen LogP contribution in [0.15, 0.2) is 30.3 Å². The first-order valence-corrected chi connectivity index (χ1v) is 9.88. The van der Waals surface area contributed by atoms with Crippen molar-refractivity contribution in [1.29, 1.82) is 0 Å². The Morgan fingerprint density at radius 1 is 0.966 bits per heavy atom. The monoisotopic (exact) mass is 404 g/mol. The van der Waals surface area contributed by atoms with E-state index in [4.69, 9.17) is 9.47 Å². The lowest BCUT2D eigenvalue weighted by molar-refractivity contribution is -0.182. The molecule has 0 amide bonds. The van der Waals surface area contributed by atoms with E-state index in [1.165, 1.54) is 6.92 Å². The lowest BCUT2D eigenvalue weighted by atomic mass is 9.61. The summed E-state index contributed by atoms with van der Waals surface area (Å²) in [5.41, 5.74) is -2.62. The molecular weight excluding hydrogens is 372 g/mol. The number of hydrogen-bond acceptors (Lipinski definition) is 6. The first kappa shape index (κ1) is 23.1. The van der Waals surface area contributed by atoms with Crippen molar-refractivity contribution in [1.82, 2.24) is 0 Å². The normalized spacial score (nSPS) is 28.0. The van der Waals surface area contributed by atoms with E-state index >= 15 is 0 Å². The summed E-state index contributed by atoms with van der Waals surface area (Å²) < 4.78 is 11.1. The molecule has 1 saturated carbocycles. The first-order chi connectivity index (χ1) is 13.1. The summed E-state index contributed by atoms with van der Waals surface area (Å²) >= 11 is 0. The second-order valence-corrected chi connectivity index (χ2v) is 9.96. The van der Waals surface area contributed by atoms with E-state index in [0.29, 0.717) is 5.56 Å². The van der Waals surface area contributed by atoms with Crippen LogP contribution in [0.25, 0.3) is 0 Å². The summed E-state index contributed by atoms with van der Waals surface area (Å²) in [6, 6.07) is 8.82. The highest BCUT2D eigenvalue weighted by atomic mass is 16.6. The van der Waals surface area contributed by atoms with Gasteiger partial charge in [-0.05, 0) is 54.0 Å². The standard InChI is InChI=1S/C23H32O6/c1-21(2,3)28-19(25)17-15(24)13-23(7,27)18(20(26)29-22(4,5)6)16(17)14-11-9-8-10-12-14/h8-12,16-18,27H,13H2,1-7H3/t16-,17+,18+,23-/m0/s1. The molecule has 0 spiro atoms. The van der Waals surface area contributed by atoms with E-state index in [1.54, 1.807) is 71.9 Å². The molecule has 160 valence electrons. The molecule has 1 aliphatic carbocycles. The Kier molecular flexibility index (Phi) is 6.29. The summed E-state index contributed by atoms with van der Waals surface area (Å²) in [6.07, 6.45) is -0.329. The minimum atomic E-state index is -1.65. The molecule has 4 atom stereocenters. The van der Waals surface area contributed by atoms with Crippen LogP contribution in [-0.4, -0.2) is 39.6 Å². The van der Waals surface area contributed by atoms with E-state index in [1.807, 2.05) is 0 Å². The lowest BCUT2D eigenvalue weighted by Gasteiger charge is -2.44. The Morgan fingerprint density at radius 3 is 1.93 bits per heavy atom. The summed E-state index contributed by atoms with van der Waals surface area (Å²) in [7, 11) is 0. The smallest absolute Gasteiger partial charge is 0.317 e. The topological polar surface area (TPSA) is 89.9 Å². The van der Waals surface area contributed by atoms with Gasteiger partial charge in [-0.1, -0.05) is 30.3 Å². The molecule has 6 nitrogen and oxygen atoms in total. The van der Waals surface area contributed by atoms with Crippen LogP contribution in [0.3, 0.4) is 0 Å². The average molecular weight is 405 g/mol. The Labute approximate surface area is 172 Å².